The van der Waals surface area contributed by atoms with Crippen molar-refractivity contribution in [1.82, 2.24) is 4.31 Å². The Morgan fingerprint density at radius 3 is 2.46 bits per heavy atom. The first kappa shape index (κ1) is 17.9. The van der Waals surface area contributed by atoms with E-state index in [0.29, 0.717) is 22.5 Å². The number of hydrogen-bond donors (Lipinski definition) is 0. The van der Waals surface area contributed by atoms with Crippen molar-refractivity contribution in [3.63, 3.8) is 0 Å². The summed E-state index contributed by atoms with van der Waals surface area (Å²) in [5, 5.41) is 0. The zero-order chi connectivity index (χ0) is 17.3. The number of hydrogen-bond acceptors (Lipinski definition) is 3. The summed E-state index contributed by atoms with van der Waals surface area (Å²) in [6.45, 7) is 1.03. The molecule has 0 bridgehead atoms. The molecule has 0 aliphatic carbocycles. The smallest absolute Gasteiger partial charge is 0.244 e. The third-order valence-electron chi connectivity index (χ3n) is 4.25. The molecule has 0 aromatic heterocycles. The van der Waals surface area contributed by atoms with Crippen molar-refractivity contribution >= 4 is 41.9 Å². The molecule has 0 amide bonds. The van der Waals surface area contributed by atoms with E-state index in [2.05, 4.69) is 31.9 Å². The Kier molecular flexibility index (Phi) is 5.34. The molecule has 24 heavy (non-hydrogen) atoms. The molecule has 2 aromatic carbocycles. The van der Waals surface area contributed by atoms with Gasteiger partial charge in [-0.1, -0.05) is 28.1 Å². The standard InChI is InChI=1S/C17H17Br2NO3S/c1-23-15-5-2-12(3-6-15)13-8-9-20(11-13)24(21,22)17-7-4-14(18)10-16(17)19/h2-7,10,13H,8-9,11H2,1H3. The number of ether oxygens (including phenoxy) is 1. The van der Waals surface area contributed by atoms with Gasteiger partial charge in [-0.15, -0.1) is 0 Å². The molecule has 0 radical (unpaired) electrons. The fourth-order valence-corrected chi connectivity index (χ4v) is 6.12. The van der Waals surface area contributed by atoms with Crippen molar-refractivity contribution in [2.24, 2.45) is 0 Å². The summed E-state index contributed by atoms with van der Waals surface area (Å²) in [5.41, 5.74) is 1.14. The van der Waals surface area contributed by atoms with Crippen LogP contribution in [0.5, 0.6) is 5.75 Å². The van der Waals surface area contributed by atoms with E-state index in [9.17, 15) is 8.42 Å². The van der Waals surface area contributed by atoms with Crippen LogP contribution >= 0.6 is 31.9 Å². The minimum atomic E-state index is -3.50. The molecule has 0 saturated carbocycles. The molecule has 0 spiro atoms. The van der Waals surface area contributed by atoms with Crippen molar-refractivity contribution < 1.29 is 13.2 Å². The van der Waals surface area contributed by atoms with Crippen molar-refractivity contribution in [1.29, 1.82) is 0 Å². The second kappa shape index (κ2) is 7.15. The summed E-state index contributed by atoms with van der Waals surface area (Å²) < 4.78 is 34.0. The summed E-state index contributed by atoms with van der Waals surface area (Å²) >= 11 is 6.71. The lowest BCUT2D eigenvalue weighted by Gasteiger charge is -2.18. The molecule has 1 saturated heterocycles. The molecule has 1 fully saturated rings. The van der Waals surface area contributed by atoms with Crippen LogP contribution < -0.4 is 4.74 Å². The van der Waals surface area contributed by atoms with Gasteiger partial charge in [-0.05, 0) is 64.2 Å². The number of nitrogens with zero attached hydrogens (tertiary/aromatic N) is 1. The summed E-state index contributed by atoms with van der Waals surface area (Å²) in [7, 11) is -1.87. The average molecular weight is 475 g/mol. The Bertz CT molecular complexity index is 837. The third-order valence-corrected chi connectivity index (χ3v) is 7.59. The van der Waals surface area contributed by atoms with Gasteiger partial charge < -0.3 is 4.74 Å². The topological polar surface area (TPSA) is 46.6 Å². The maximum Gasteiger partial charge on any atom is 0.244 e. The fourth-order valence-electron chi connectivity index (χ4n) is 2.92. The van der Waals surface area contributed by atoms with Crippen molar-refractivity contribution in [3.8, 4) is 5.75 Å². The molecule has 0 N–H and O–H groups in total. The maximum absolute atomic E-state index is 12.9. The van der Waals surface area contributed by atoms with Gasteiger partial charge in [0.05, 0.1) is 12.0 Å². The number of rotatable bonds is 4. The van der Waals surface area contributed by atoms with Crippen molar-refractivity contribution in [2.45, 2.75) is 17.2 Å². The first-order chi connectivity index (χ1) is 11.4. The van der Waals surface area contributed by atoms with E-state index in [4.69, 9.17) is 4.74 Å². The number of benzene rings is 2. The maximum atomic E-state index is 12.9. The number of sulfonamides is 1. The van der Waals surface area contributed by atoms with Crippen LogP contribution in [-0.4, -0.2) is 32.9 Å². The quantitative estimate of drug-likeness (QED) is 0.659. The normalized spacial score (nSPS) is 18.7. The van der Waals surface area contributed by atoms with Crippen LogP contribution in [-0.2, 0) is 10.0 Å². The van der Waals surface area contributed by atoms with Crippen LogP contribution in [0.1, 0.15) is 17.9 Å². The molecular weight excluding hydrogens is 458 g/mol. The van der Waals surface area contributed by atoms with E-state index in [1.54, 1.807) is 29.6 Å². The van der Waals surface area contributed by atoms with Gasteiger partial charge in [0.1, 0.15) is 5.75 Å². The Labute approximate surface area is 159 Å². The van der Waals surface area contributed by atoms with Crippen LogP contribution in [0.4, 0.5) is 0 Å². The molecule has 128 valence electrons. The predicted molar refractivity (Wildman–Crippen MR) is 101 cm³/mol. The van der Waals surface area contributed by atoms with Crippen LogP contribution in [0.2, 0.25) is 0 Å². The molecule has 1 atom stereocenters. The number of halogens is 2. The third kappa shape index (κ3) is 3.54. The minimum absolute atomic E-state index is 0.208. The molecule has 1 heterocycles. The van der Waals surface area contributed by atoms with Gasteiger partial charge >= 0.3 is 0 Å². The second-order valence-corrected chi connectivity index (χ2v) is 9.37. The lowest BCUT2D eigenvalue weighted by Crippen LogP contribution is -2.29. The highest BCUT2D eigenvalue weighted by Gasteiger charge is 2.34. The molecule has 7 heteroatoms. The Morgan fingerprint density at radius 1 is 1.12 bits per heavy atom. The average Bonchev–Trinajstić information content (AvgIpc) is 3.05. The van der Waals surface area contributed by atoms with Crippen LogP contribution in [0.15, 0.2) is 56.3 Å². The summed E-state index contributed by atoms with van der Waals surface area (Å²) in [6, 6.07) is 13.0. The van der Waals surface area contributed by atoms with E-state index < -0.39 is 10.0 Å². The van der Waals surface area contributed by atoms with Gasteiger partial charge in [0.25, 0.3) is 0 Å². The predicted octanol–water partition coefficient (Wildman–Crippen LogP) is 4.40. The summed E-state index contributed by atoms with van der Waals surface area (Å²) in [4.78, 5) is 0.307. The molecule has 3 rings (SSSR count). The van der Waals surface area contributed by atoms with E-state index >= 15 is 0 Å². The molecule has 4 nitrogen and oxygen atoms in total. The van der Waals surface area contributed by atoms with E-state index in [-0.39, 0.29) is 5.92 Å². The summed E-state index contributed by atoms with van der Waals surface area (Å²) in [6.07, 6.45) is 0.819. The van der Waals surface area contributed by atoms with Crippen molar-refractivity contribution in [3.05, 3.63) is 57.0 Å². The van der Waals surface area contributed by atoms with Gasteiger partial charge in [-0.3, -0.25) is 0 Å². The first-order valence-electron chi connectivity index (χ1n) is 7.51. The highest BCUT2D eigenvalue weighted by atomic mass is 79.9. The van der Waals surface area contributed by atoms with Gasteiger partial charge in [-0.2, -0.15) is 4.31 Å². The highest BCUT2D eigenvalue weighted by Crippen LogP contribution is 2.34. The number of methoxy groups -OCH3 is 1. The Hall–Kier alpha value is -0.890. The molecule has 1 aliphatic heterocycles. The SMILES string of the molecule is COc1ccc(C2CCN(S(=O)(=O)c3ccc(Br)cc3Br)C2)cc1. The fraction of sp³-hybridized carbons (Fsp3) is 0.294. The van der Waals surface area contributed by atoms with Crippen LogP contribution in [0, 0.1) is 0 Å². The van der Waals surface area contributed by atoms with Crippen LogP contribution in [0.25, 0.3) is 0 Å². The zero-order valence-corrected chi connectivity index (χ0v) is 17.1. The molecular formula is C17H17Br2NO3S. The Morgan fingerprint density at radius 2 is 1.83 bits per heavy atom. The van der Waals surface area contributed by atoms with E-state index in [1.165, 1.54) is 0 Å². The summed E-state index contributed by atoms with van der Waals surface area (Å²) in [5.74, 6) is 1.01. The van der Waals surface area contributed by atoms with E-state index in [0.717, 1.165) is 22.2 Å². The Balaban J connectivity index is 1.81. The van der Waals surface area contributed by atoms with E-state index in [1.807, 2.05) is 24.3 Å². The monoisotopic (exact) mass is 473 g/mol. The zero-order valence-electron chi connectivity index (χ0n) is 13.1. The second-order valence-electron chi connectivity index (χ2n) is 5.70. The van der Waals surface area contributed by atoms with Gasteiger partial charge in [-0.25, -0.2) is 8.42 Å². The highest BCUT2D eigenvalue weighted by molar-refractivity contribution is 9.11. The molecule has 1 aliphatic rings. The molecule has 1 unspecified atom stereocenters. The lowest BCUT2D eigenvalue weighted by molar-refractivity contribution is 0.414. The largest absolute Gasteiger partial charge is 0.497 e. The van der Waals surface area contributed by atoms with Gasteiger partial charge in [0, 0.05) is 22.0 Å². The van der Waals surface area contributed by atoms with Gasteiger partial charge in [0.15, 0.2) is 0 Å². The lowest BCUT2D eigenvalue weighted by atomic mass is 9.99. The van der Waals surface area contributed by atoms with Crippen molar-refractivity contribution in [2.75, 3.05) is 20.2 Å². The minimum Gasteiger partial charge on any atom is -0.497 e. The molecule has 2 aromatic rings. The van der Waals surface area contributed by atoms with Crippen LogP contribution in [0.3, 0.4) is 0 Å². The van der Waals surface area contributed by atoms with Gasteiger partial charge in [0.2, 0.25) is 10.0 Å². The first-order valence-corrected chi connectivity index (χ1v) is 10.5.